The second-order valence-electron chi connectivity index (χ2n) is 23.0. The summed E-state index contributed by atoms with van der Waals surface area (Å²) in [6.45, 7) is 23.3. The zero-order chi connectivity index (χ0) is 47.5. The molecule has 4 aliphatic rings. The van der Waals surface area contributed by atoms with Gasteiger partial charge in [-0.2, -0.15) is 0 Å². The van der Waals surface area contributed by atoms with Crippen molar-refractivity contribution in [2.75, 3.05) is 9.80 Å². The molecule has 0 N–H and O–H groups in total. The Kier molecular flexibility index (Phi) is 9.26. The fraction of sp³-hybridized carbons (Fsp3) is 0.238. The molecule has 5 heterocycles. The van der Waals surface area contributed by atoms with Crippen molar-refractivity contribution in [3.8, 4) is 5.69 Å². The van der Waals surface area contributed by atoms with Gasteiger partial charge in [0.2, 0.25) is 0 Å². The van der Waals surface area contributed by atoms with E-state index >= 15 is 0 Å². The highest BCUT2D eigenvalue weighted by Crippen LogP contribution is 2.53. The molecule has 13 rings (SSSR count). The van der Waals surface area contributed by atoms with Crippen molar-refractivity contribution in [2.24, 2.45) is 0 Å². The number of nitrogens with zero attached hydrogens (tertiary/aromatic N) is 3. The lowest BCUT2D eigenvalue weighted by Gasteiger charge is -2.46. The van der Waals surface area contributed by atoms with Crippen LogP contribution in [0, 0.1) is 6.92 Å². The molecule has 0 spiro atoms. The van der Waals surface area contributed by atoms with E-state index in [9.17, 15) is 0 Å². The third-order valence-corrected chi connectivity index (χ3v) is 18.0. The van der Waals surface area contributed by atoms with Crippen LogP contribution in [0.25, 0.3) is 42.5 Å². The lowest BCUT2D eigenvalue weighted by Crippen LogP contribution is -2.62. The largest absolute Gasteiger partial charge is 0.334 e. The minimum absolute atomic E-state index is 0.0325. The van der Waals surface area contributed by atoms with Gasteiger partial charge in [0, 0.05) is 54.5 Å². The van der Waals surface area contributed by atoms with E-state index < -0.39 is 0 Å². The Hall–Kier alpha value is -6.21. The summed E-state index contributed by atoms with van der Waals surface area (Å²) in [5.41, 5.74) is 22.4. The van der Waals surface area contributed by atoms with Crippen LogP contribution in [0.3, 0.4) is 0 Å². The highest BCUT2D eigenvalue weighted by molar-refractivity contribution is 8.01. The molecule has 2 unspecified atom stereocenters. The molecule has 7 aromatic carbocycles. The van der Waals surface area contributed by atoms with E-state index in [-0.39, 0.29) is 34.2 Å². The van der Waals surface area contributed by atoms with Crippen LogP contribution < -0.4 is 26.2 Å². The van der Waals surface area contributed by atoms with Crippen molar-refractivity contribution in [1.82, 2.24) is 4.57 Å². The van der Waals surface area contributed by atoms with E-state index in [1.54, 1.807) is 0 Å². The van der Waals surface area contributed by atoms with Crippen LogP contribution in [-0.2, 0) is 16.2 Å². The van der Waals surface area contributed by atoms with Gasteiger partial charge in [-0.3, -0.25) is 0 Å². The second-order valence-corrected chi connectivity index (χ2v) is 25.3. The van der Waals surface area contributed by atoms with E-state index in [1.165, 1.54) is 103 Å². The van der Waals surface area contributed by atoms with Gasteiger partial charge in [0.1, 0.15) is 0 Å². The first-order chi connectivity index (χ1) is 33.0. The van der Waals surface area contributed by atoms with Crippen LogP contribution in [0.5, 0.6) is 0 Å². The van der Waals surface area contributed by atoms with Gasteiger partial charge in [-0.1, -0.05) is 153 Å². The maximum atomic E-state index is 2.76. The third kappa shape index (κ3) is 6.47. The number of hydrogen-bond donors (Lipinski definition) is 0. The maximum Gasteiger partial charge on any atom is 0.252 e. The lowest BCUT2D eigenvalue weighted by atomic mass is 9.33. The summed E-state index contributed by atoms with van der Waals surface area (Å²) >= 11 is 3.98. The van der Waals surface area contributed by atoms with E-state index in [0.29, 0.717) is 0 Å². The lowest BCUT2D eigenvalue weighted by molar-refractivity contribution is 0.590. The molecule has 1 aliphatic carbocycles. The average Bonchev–Trinajstić information content (AvgIpc) is 3.99. The summed E-state index contributed by atoms with van der Waals surface area (Å²) < 4.78 is 5.40. The van der Waals surface area contributed by atoms with Crippen molar-refractivity contribution in [3.63, 3.8) is 0 Å². The van der Waals surface area contributed by atoms with E-state index in [2.05, 4.69) is 241 Å². The molecular weight excluding hydrogens is 874 g/mol. The van der Waals surface area contributed by atoms with Crippen LogP contribution in [-0.4, -0.2) is 22.6 Å². The molecule has 0 fully saturated rings. The van der Waals surface area contributed by atoms with Gasteiger partial charge in [-0.25, -0.2) is 0 Å². The van der Waals surface area contributed by atoms with Crippen LogP contribution >= 0.6 is 23.1 Å². The third-order valence-electron chi connectivity index (χ3n) is 15.4. The number of fused-ring (bicyclic) bond motifs is 12. The predicted molar refractivity (Wildman–Crippen MR) is 302 cm³/mol. The van der Waals surface area contributed by atoms with Gasteiger partial charge in [0.05, 0.1) is 27.0 Å². The van der Waals surface area contributed by atoms with Gasteiger partial charge < -0.3 is 14.4 Å². The fourth-order valence-corrected chi connectivity index (χ4v) is 14.5. The normalized spacial score (nSPS) is 17.0. The summed E-state index contributed by atoms with van der Waals surface area (Å²) in [4.78, 5) is 6.62. The number of allylic oxidation sites excluding steroid dienone is 2. The Morgan fingerprint density at radius 1 is 0.565 bits per heavy atom. The molecule has 0 saturated carbocycles. The summed E-state index contributed by atoms with van der Waals surface area (Å²) in [6, 6.07) is 54.3. The SMILES string of the molecule is Cc1cc2c3c(c1)-n1c4c(cc(C(C)(C)C)cc4c4sc5ccccc5c41)B3c1ccc(N(c3ccc(C(C)(C)C)cc3)c3ccc(C(C)(C)C)cc3)cc1N2C1C=CC=C2c3ccccc3SC21. The highest BCUT2D eigenvalue weighted by Gasteiger charge is 2.47. The monoisotopic (exact) mass is 931 g/mol. The summed E-state index contributed by atoms with van der Waals surface area (Å²) in [7, 11) is 0. The van der Waals surface area contributed by atoms with Crippen LogP contribution in [0.15, 0.2) is 163 Å². The number of thioether (sulfide) groups is 1. The fourth-order valence-electron chi connectivity index (χ4n) is 11.9. The van der Waals surface area contributed by atoms with Crippen molar-refractivity contribution >= 4 is 111 Å². The minimum atomic E-state index is -0.0462. The van der Waals surface area contributed by atoms with Crippen LogP contribution in [0.4, 0.5) is 28.4 Å². The molecule has 3 nitrogen and oxygen atoms in total. The molecule has 0 radical (unpaired) electrons. The van der Waals surface area contributed by atoms with Gasteiger partial charge in [-0.05, 0) is 140 Å². The predicted octanol–water partition coefficient (Wildman–Crippen LogP) is 15.4. The molecule has 0 saturated heterocycles. The number of thiophene rings is 1. The first kappa shape index (κ1) is 42.9. The Balaban J connectivity index is 1.10. The number of aromatic nitrogens is 1. The van der Waals surface area contributed by atoms with Crippen molar-refractivity contribution < 1.29 is 0 Å². The Labute approximate surface area is 416 Å². The smallest absolute Gasteiger partial charge is 0.252 e. The molecule has 2 atom stereocenters. The van der Waals surface area contributed by atoms with Gasteiger partial charge in [0.25, 0.3) is 6.71 Å². The van der Waals surface area contributed by atoms with E-state index in [1.807, 2.05) is 23.1 Å². The molecule has 3 aliphatic heterocycles. The molecule has 69 heavy (non-hydrogen) atoms. The van der Waals surface area contributed by atoms with Crippen molar-refractivity contribution in [2.45, 2.75) is 102 Å². The summed E-state index contributed by atoms with van der Waals surface area (Å²) in [5.74, 6) is 0. The standard InChI is InChI=1S/C63H58BN3S2/c1-37-32-52-56-53(33-37)67-57-47(60-58(67)46-17-12-14-21-55(46)69-60)34-40(63(8,9)10)35-49(57)64(56)48-31-30-43(36-51(48)66(52)50-19-15-18-45-44-16-11-13-20-54(44)68-59(45)50)65(41-26-22-38(23-27-41)61(2,3)4)42-28-24-39(25-29-42)62(5,6)7/h11-36,50,59H,1-10H3. The minimum Gasteiger partial charge on any atom is -0.334 e. The van der Waals surface area contributed by atoms with Crippen LogP contribution in [0.2, 0.25) is 0 Å². The van der Waals surface area contributed by atoms with Crippen LogP contribution in [0.1, 0.15) is 90.1 Å². The second kappa shape index (κ2) is 14.9. The number of anilines is 5. The zero-order valence-electron chi connectivity index (χ0n) is 41.4. The van der Waals surface area contributed by atoms with Gasteiger partial charge in [-0.15, -0.1) is 23.1 Å². The molecular formula is C63H58BN3S2. The summed E-state index contributed by atoms with van der Waals surface area (Å²) in [6.07, 6.45) is 7.19. The molecule has 2 aromatic heterocycles. The zero-order valence-corrected chi connectivity index (χ0v) is 43.0. The Bertz CT molecular complexity index is 3620. The first-order valence-electron chi connectivity index (χ1n) is 24.8. The number of benzene rings is 7. The quantitative estimate of drug-likeness (QED) is 0.163. The average molecular weight is 932 g/mol. The van der Waals surface area contributed by atoms with Crippen molar-refractivity contribution in [1.29, 1.82) is 0 Å². The van der Waals surface area contributed by atoms with Gasteiger partial charge >= 0.3 is 0 Å². The molecule has 6 heteroatoms. The molecule has 0 amide bonds. The maximum absolute atomic E-state index is 2.76. The Morgan fingerprint density at radius 3 is 1.90 bits per heavy atom. The number of rotatable bonds is 4. The number of hydrogen-bond acceptors (Lipinski definition) is 4. The molecule has 340 valence electrons. The highest BCUT2D eigenvalue weighted by atomic mass is 32.2. The summed E-state index contributed by atoms with van der Waals surface area (Å²) in [5, 5.41) is 2.92. The van der Waals surface area contributed by atoms with Crippen molar-refractivity contribution in [3.05, 3.63) is 186 Å². The van der Waals surface area contributed by atoms with Gasteiger partial charge in [0.15, 0.2) is 0 Å². The molecule has 0 bridgehead atoms. The first-order valence-corrected chi connectivity index (χ1v) is 26.5. The molecule has 9 aromatic rings. The topological polar surface area (TPSA) is 11.4 Å². The Morgan fingerprint density at radius 2 is 1.20 bits per heavy atom. The van der Waals surface area contributed by atoms with E-state index in [0.717, 1.165) is 17.1 Å². The van der Waals surface area contributed by atoms with E-state index in [4.69, 9.17) is 0 Å². The number of aryl methyl sites for hydroxylation is 1.